The highest BCUT2D eigenvalue weighted by atomic mass is 16.7. The molecule has 1 aromatic heterocycles. The Bertz CT molecular complexity index is 1260. The first-order chi connectivity index (χ1) is 17.6. The molecule has 0 aliphatic carbocycles. The third-order valence-electron chi connectivity index (χ3n) is 6.95. The molecule has 3 aliphatic heterocycles. The van der Waals surface area contributed by atoms with Gasteiger partial charge < -0.3 is 29.7 Å². The Labute approximate surface area is 210 Å². The number of nitrogens with zero attached hydrogens (tertiary/aromatic N) is 4. The van der Waals surface area contributed by atoms with Gasteiger partial charge in [0.25, 0.3) is 0 Å². The molecule has 1 saturated heterocycles. The van der Waals surface area contributed by atoms with Crippen molar-refractivity contribution in [3.63, 3.8) is 0 Å². The maximum Gasteiger partial charge on any atom is 0.242 e. The highest BCUT2D eigenvalue weighted by Gasteiger charge is 2.28. The number of pyridine rings is 1. The summed E-state index contributed by atoms with van der Waals surface area (Å²) < 4.78 is 16.9. The van der Waals surface area contributed by atoms with E-state index in [1.807, 2.05) is 29.2 Å². The van der Waals surface area contributed by atoms with Gasteiger partial charge >= 0.3 is 0 Å². The van der Waals surface area contributed by atoms with E-state index in [0.717, 1.165) is 74.2 Å². The quantitative estimate of drug-likeness (QED) is 0.568. The molecule has 6 rings (SSSR count). The van der Waals surface area contributed by atoms with Crippen LogP contribution in [0, 0.1) is 0 Å². The standard InChI is InChI=1S/C27H29N5O4/c28-20-5-7-26(29-15-20)36-23-3-1-2-22-21(23)8-9-32(22)17-27(33)31-12-10-30(11-13-31)16-19-4-6-24-25(14-19)35-18-34-24/h1-7,14-15H,8-13,16-18,28H2. The molecule has 0 saturated carbocycles. The highest BCUT2D eigenvalue weighted by Crippen LogP contribution is 2.37. The number of carbonyl (C=O) groups is 1. The van der Waals surface area contributed by atoms with Crippen molar-refractivity contribution < 1.29 is 19.0 Å². The molecule has 0 unspecified atom stereocenters. The predicted octanol–water partition coefficient (Wildman–Crippen LogP) is 2.89. The van der Waals surface area contributed by atoms with E-state index in [4.69, 9.17) is 19.9 Å². The minimum absolute atomic E-state index is 0.164. The first kappa shape index (κ1) is 22.5. The SMILES string of the molecule is Nc1ccc(Oc2cccc3c2CCN3CC(=O)N2CCN(Cc3ccc4c(c3)OCO4)CC2)nc1. The molecule has 4 heterocycles. The molecule has 3 aromatic rings. The fraction of sp³-hybridized carbons (Fsp3) is 0.333. The number of nitrogens with two attached hydrogens (primary N) is 1. The maximum absolute atomic E-state index is 13.1. The van der Waals surface area contributed by atoms with Crippen LogP contribution in [0.2, 0.25) is 0 Å². The van der Waals surface area contributed by atoms with E-state index in [2.05, 4.69) is 26.9 Å². The topological polar surface area (TPSA) is 93.4 Å². The molecule has 9 heteroatoms. The molecule has 186 valence electrons. The van der Waals surface area contributed by atoms with Crippen molar-refractivity contribution in [2.24, 2.45) is 0 Å². The second kappa shape index (κ2) is 9.58. The molecule has 2 N–H and O–H groups in total. The van der Waals surface area contributed by atoms with Gasteiger partial charge in [-0.05, 0) is 42.3 Å². The van der Waals surface area contributed by atoms with Gasteiger partial charge in [-0.3, -0.25) is 9.69 Å². The second-order valence-electron chi connectivity index (χ2n) is 9.30. The number of amides is 1. The maximum atomic E-state index is 13.1. The number of fused-ring (bicyclic) bond motifs is 2. The average molecular weight is 488 g/mol. The average Bonchev–Trinajstić information content (AvgIpc) is 3.53. The van der Waals surface area contributed by atoms with Crippen LogP contribution in [0.1, 0.15) is 11.1 Å². The fourth-order valence-electron chi connectivity index (χ4n) is 5.01. The van der Waals surface area contributed by atoms with Gasteiger partial charge in [0.15, 0.2) is 11.5 Å². The fourth-order valence-corrected chi connectivity index (χ4v) is 5.01. The lowest BCUT2D eigenvalue weighted by Gasteiger charge is -2.35. The molecule has 0 spiro atoms. The first-order valence-electron chi connectivity index (χ1n) is 12.3. The van der Waals surface area contributed by atoms with E-state index >= 15 is 0 Å². The van der Waals surface area contributed by atoms with Crippen LogP contribution in [-0.4, -0.2) is 66.8 Å². The number of piperazine rings is 1. The number of ether oxygens (including phenoxy) is 3. The number of hydrogen-bond donors (Lipinski definition) is 1. The molecule has 1 fully saturated rings. The Morgan fingerprint density at radius 3 is 2.69 bits per heavy atom. The Hall–Kier alpha value is -3.98. The number of carbonyl (C=O) groups excluding carboxylic acids is 1. The first-order valence-corrected chi connectivity index (χ1v) is 12.3. The van der Waals surface area contributed by atoms with Crippen LogP contribution >= 0.6 is 0 Å². The molecular weight excluding hydrogens is 458 g/mol. The van der Waals surface area contributed by atoms with Gasteiger partial charge in [-0.15, -0.1) is 0 Å². The highest BCUT2D eigenvalue weighted by molar-refractivity contribution is 5.83. The number of benzene rings is 2. The van der Waals surface area contributed by atoms with E-state index in [-0.39, 0.29) is 12.7 Å². The summed E-state index contributed by atoms with van der Waals surface area (Å²) in [4.78, 5) is 23.9. The van der Waals surface area contributed by atoms with Gasteiger partial charge in [0.1, 0.15) is 5.75 Å². The lowest BCUT2D eigenvalue weighted by molar-refractivity contribution is -0.131. The third kappa shape index (κ3) is 4.61. The number of hydrogen-bond acceptors (Lipinski definition) is 8. The van der Waals surface area contributed by atoms with Crippen LogP contribution < -0.4 is 24.8 Å². The van der Waals surface area contributed by atoms with Gasteiger partial charge in [-0.2, -0.15) is 0 Å². The van der Waals surface area contributed by atoms with Crippen LogP contribution in [0.25, 0.3) is 0 Å². The van der Waals surface area contributed by atoms with E-state index in [0.29, 0.717) is 18.1 Å². The molecular formula is C27H29N5O4. The van der Waals surface area contributed by atoms with Crippen molar-refractivity contribution in [2.45, 2.75) is 13.0 Å². The Morgan fingerprint density at radius 1 is 1.00 bits per heavy atom. The summed E-state index contributed by atoms with van der Waals surface area (Å²) in [7, 11) is 0. The molecule has 0 bridgehead atoms. The minimum Gasteiger partial charge on any atom is -0.454 e. The molecule has 1 amide bonds. The second-order valence-corrected chi connectivity index (χ2v) is 9.30. The van der Waals surface area contributed by atoms with Gasteiger partial charge in [-0.25, -0.2) is 4.98 Å². The predicted molar refractivity (Wildman–Crippen MR) is 136 cm³/mol. The van der Waals surface area contributed by atoms with Gasteiger partial charge in [-0.1, -0.05) is 12.1 Å². The van der Waals surface area contributed by atoms with Crippen molar-refractivity contribution in [2.75, 3.05) is 56.7 Å². The molecule has 2 aromatic carbocycles. The summed E-state index contributed by atoms with van der Waals surface area (Å²) >= 11 is 0. The summed E-state index contributed by atoms with van der Waals surface area (Å²) in [6, 6.07) is 15.6. The Kier molecular flexibility index (Phi) is 5.98. The van der Waals surface area contributed by atoms with Crippen LogP contribution in [0.4, 0.5) is 11.4 Å². The molecule has 3 aliphatic rings. The number of anilines is 2. The molecule has 36 heavy (non-hydrogen) atoms. The van der Waals surface area contributed by atoms with Crippen molar-refractivity contribution >= 4 is 17.3 Å². The van der Waals surface area contributed by atoms with Crippen molar-refractivity contribution in [1.82, 2.24) is 14.8 Å². The lowest BCUT2D eigenvalue weighted by atomic mass is 10.1. The van der Waals surface area contributed by atoms with Crippen molar-refractivity contribution in [1.29, 1.82) is 0 Å². The zero-order chi connectivity index (χ0) is 24.5. The Balaban J connectivity index is 1.04. The largest absolute Gasteiger partial charge is 0.454 e. The summed E-state index contributed by atoms with van der Waals surface area (Å²) in [5, 5.41) is 0. The Morgan fingerprint density at radius 2 is 1.86 bits per heavy atom. The van der Waals surface area contributed by atoms with Gasteiger partial charge in [0.05, 0.1) is 18.4 Å². The normalized spacial score (nSPS) is 16.8. The summed E-state index contributed by atoms with van der Waals surface area (Å²) in [5.74, 6) is 3.06. The number of nitrogen functional groups attached to an aromatic ring is 1. The summed E-state index contributed by atoms with van der Waals surface area (Å²) in [5.41, 5.74) is 9.68. The third-order valence-corrected chi connectivity index (χ3v) is 6.95. The number of aromatic nitrogens is 1. The summed E-state index contributed by atoms with van der Waals surface area (Å²) in [6.45, 7) is 5.46. The van der Waals surface area contributed by atoms with Crippen LogP contribution in [0.5, 0.6) is 23.1 Å². The van der Waals surface area contributed by atoms with E-state index in [9.17, 15) is 4.79 Å². The van der Waals surface area contributed by atoms with Crippen LogP contribution in [0.3, 0.4) is 0 Å². The van der Waals surface area contributed by atoms with Crippen molar-refractivity contribution in [3.8, 4) is 23.1 Å². The van der Waals surface area contributed by atoms with Gasteiger partial charge in [0, 0.05) is 56.6 Å². The monoisotopic (exact) mass is 487 g/mol. The van der Waals surface area contributed by atoms with Crippen LogP contribution in [0.15, 0.2) is 54.7 Å². The molecule has 9 nitrogen and oxygen atoms in total. The van der Waals surface area contributed by atoms with E-state index in [1.165, 1.54) is 5.56 Å². The van der Waals surface area contributed by atoms with Crippen molar-refractivity contribution in [3.05, 3.63) is 65.9 Å². The zero-order valence-corrected chi connectivity index (χ0v) is 20.1. The summed E-state index contributed by atoms with van der Waals surface area (Å²) in [6.07, 6.45) is 2.41. The minimum atomic E-state index is 0.164. The molecule has 0 atom stereocenters. The smallest absolute Gasteiger partial charge is 0.242 e. The lowest BCUT2D eigenvalue weighted by Crippen LogP contribution is -2.50. The van der Waals surface area contributed by atoms with Gasteiger partial charge in [0.2, 0.25) is 18.6 Å². The van der Waals surface area contributed by atoms with Crippen LogP contribution in [-0.2, 0) is 17.8 Å². The zero-order valence-electron chi connectivity index (χ0n) is 20.1. The van der Waals surface area contributed by atoms with E-state index in [1.54, 1.807) is 18.3 Å². The van der Waals surface area contributed by atoms with E-state index < -0.39 is 0 Å². The number of rotatable bonds is 6. The molecule has 0 radical (unpaired) electrons.